The lowest BCUT2D eigenvalue weighted by atomic mass is 10.1. The molecule has 0 spiro atoms. The first-order valence-electron chi connectivity index (χ1n) is 12.2. The number of hydrogen-bond acceptors (Lipinski definition) is 9. The van der Waals surface area contributed by atoms with Crippen molar-refractivity contribution in [2.45, 2.75) is 64.3 Å². The van der Waals surface area contributed by atoms with E-state index in [1.165, 1.54) is 25.3 Å². The minimum Gasteiger partial charge on any atom is -0.462 e. The maximum atomic E-state index is 13.8. The number of H-pyrrole nitrogens is 1. The molecular weight excluding hydrogens is 523 g/mol. The molecular formula is C23H29N4O8PS. The summed E-state index contributed by atoms with van der Waals surface area (Å²) < 4.78 is 53.6. The van der Waals surface area contributed by atoms with E-state index in [0.717, 1.165) is 4.57 Å². The molecule has 1 aromatic heterocycles. The average molecular weight is 555 g/mol. The number of para-hydroxylation sites is 1. The minimum absolute atomic E-state index is 0.0277. The van der Waals surface area contributed by atoms with Gasteiger partial charge in [-0.2, -0.15) is 5.09 Å². The van der Waals surface area contributed by atoms with Gasteiger partial charge >= 0.3 is 19.4 Å². The van der Waals surface area contributed by atoms with Crippen LogP contribution < -0.4 is 15.3 Å². The van der Waals surface area contributed by atoms with E-state index in [2.05, 4.69) is 14.9 Å². The molecule has 12 nitrogen and oxygen atoms in total. The molecule has 0 aliphatic carbocycles. The summed E-state index contributed by atoms with van der Waals surface area (Å²) >= 11 is 5.04. The van der Waals surface area contributed by atoms with E-state index in [-0.39, 0.29) is 10.4 Å². The average Bonchev–Trinajstić information content (AvgIpc) is 3.17. The Hall–Kier alpha value is -2.85. The van der Waals surface area contributed by atoms with Crippen LogP contribution in [0.2, 0.25) is 0 Å². The Bertz CT molecular complexity index is 1400. The van der Waals surface area contributed by atoms with Crippen LogP contribution >= 0.6 is 20.0 Å². The highest BCUT2D eigenvalue weighted by Crippen LogP contribution is 2.46. The van der Waals surface area contributed by atoms with Crippen LogP contribution in [0.1, 0.15) is 35.3 Å². The van der Waals surface area contributed by atoms with Crippen molar-refractivity contribution in [1.29, 1.82) is 0 Å². The van der Waals surface area contributed by atoms with Crippen LogP contribution in [0.3, 0.4) is 0 Å². The summed E-state index contributed by atoms with van der Waals surface area (Å²) in [6.07, 6.45) is -4.30. The molecule has 14 heteroatoms. The molecule has 1 aliphatic rings. The zero-order valence-electron chi connectivity index (χ0n) is 22.5. The van der Waals surface area contributed by atoms with Gasteiger partial charge < -0.3 is 23.9 Å². The monoisotopic (exact) mass is 554 g/mol. The van der Waals surface area contributed by atoms with Gasteiger partial charge in [0.1, 0.15) is 22.5 Å². The lowest BCUT2D eigenvalue weighted by Gasteiger charge is -2.24. The Kier molecular flexibility index (Phi) is 8.45. The van der Waals surface area contributed by atoms with Crippen molar-refractivity contribution in [2.75, 3.05) is 6.56 Å². The highest BCUT2D eigenvalue weighted by molar-refractivity contribution is 7.71. The summed E-state index contributed by atoms with van der Waals surface area (Å²) in [5.41, 5.74) is -0.266. The number of benzene rings is 1. The number of aryl methyl sites for hydroxylation is 1. The third kappa shape index (κ3) is 7.13. The third-order valence-corrected chi connectivity index (χ3v) is 7.05. The number of carbonyl (C=O) groups is 1. The molecule has 1 fully saturated rings. The smallest absolute Gasteiger partial charge is 0.459 e. The molecule has 1 aliphatic heterocycles. The van der Waals surface area contributed by atoms with Crippen molar-refractivity contribution in [3.05, 3.63) is 68.6 Å². The molecule has 3 rings (SSSR count). The fraction of sp³-hybridized carbons (Fsp3) is 0.478. The topological polar surface area (TPSA) is 145 Å². The maximum Gasteiger partial charge on any atom is 0.459 e. The normalized spacial score (nSPS) is 24.9. The van der Waals surface area contributed by atoms with Gasteiger partial charge in [-0.05, 0) is 39.8 Å². The minimum atomic E-state index is -4.72. The number of aliphatic hydroxyl groups is 1. The number of esters is 1. The number of nitrogens with one attached hydrogen (secondary N) is 2. The predicted molar refractivity (Wildman–Crippen MR) is 135 cm³/mol. The standard InChI is InChI=1S/C23H29N4O8PS/c1-13(2)33-22(29)15(4)26-36(31,35-16-9-7-6-8-10-16)32-12-17-19(28)18(24-5)21(34-17)27-11-14(3)20(37)25-23(27)30/h6-11,13,15,17-19,21,28H,12H2,1-4H3,(H,26,31)(H,25,30,37)/t15-,17-,18+,19?,21-,36?/m0/s1/i12D2. The van der Waals surface area contributed by atoms with Crippen LogP contribution in [0.5, 0.6) is 5.75 Å². The van der Waals surface area contributed by atoms with Gasteiger partial charge in [-0.15, -0.1) is 0 Å². The number of aromatic amines is 1. The van der Waals surface area contributed by atoms with Crippen LogP contribution in [0, 0.1) is 18.1 Å². The molecule has 37 heavy (non-hydrogen) atoms. The number of nitrogens with zero attached hydrogens (tertiary/aromatic N) is 2. The van der Waals surface area contributed by atoms with E-state index in [1.54, 1.807) is 39.0 Å². The summed E-state index contributed by atoms with van der Waals surface area (Å²) in [5.74, 6) is -0.771. The van der Waals surface area contributed by atoms with Gasteiger partial charge in [-0.25, -0.2) is 15.9 Å². The van der Waals surface area contributed by atoms with Crippen molar-refractivity contribution < 1.29 is 35.7 Å². The van der Waals surface area contributed by atoms with Gasteiger partial charge in [-0.3, -0.25) is 18.9 Å². The van der Waals surface area contributed by atoms with Gasteiger partial charge in [0.05, 0.1) is 15.4 Å². The first kappa shape index (κ1) is 25.8. The Labute approximate surface area is 221 Å². The van der Waals surface area contributed by atoms with Crippen LogP contribution in [-0.2, 0) is 23.4 Å². The Morgan fingerprint density at radius 3 is 2.70 bits per heavy atom. The zero-order chi connectivity index (χ0) is 29.1. The van der Waals surface area contributed by atoms with Crippen molar-refractivity contribution in [1.82, 2.24) is 14.6 Å². The highest BCUT2D eigenvalue weighted by Gasteiger charge is 2.51. The van der Waals surface area contributed by atoms with Gasteiger partial charge in [0.2, 0.25) is 6.23 Å². The number of ether oxygens (including phenoxy) is 2. The predicted octanol–water partition coefficient (Wildman–Crippen LogP) is 2.89. The van der Waals surface area contributed by atoms with Crippen LogP contribution in [0.4, 0.5) is 0 Å². The molecule has 2 aromatic rings. The third-order valence-electron chi connectivity index (χ3n) is 5.12. The first-order chi connectivity index (χ1) is 18.2. The van der Waals surface area contributed by atoms with E-state index in [0.29, 0.717) is 5.56 Å². The number of hydrogen-bond donors (Lipinski definition) is 3. The van der Waals surface area contributed by atoms with Crippen molar-refractivity contribution >= 4 is 25.9 Å². The highest BCUT2D eigenvalue weighted by atomic mass is 32.1. The summed E-state index contributed by atoms with van der Waals surface area (Å²) in [5, 5.41) is 13.2. The summed E-state index contributed by atoms with van der Waals surface area (Å²) in [7, 11) is -4.72. The van der Waals surface area contributed by atoms with Crippen molar-refractivity contribution in [2.24, 2.45) is 0 Å². The first-order valence-corrected chi connectivity index (χ1v) is 13.2. The quantitative estimate of drug-likeness (QED) is 0.173. The van der Waals surface area contributed by atoms with Crippen LogP contribution in [0.15, 0.2) is 41.3 Å². The van der Waals surface area contributed by atoms with Crippen LogP contribution in [0.25, 0.3) is 4.85 Å². The molecule has 1 aromatic carbocycles. The second-order valence-electron chi connectivity index (χ2n) is 8.48. The molecule has 3 N–H and O–H groups in total. The van der Waals surface area contributed by atoms with E-state index in [4.69, 9.17) is 40.1 Å². The molecule has 0 amide bonds. The fourth-order valence-corrected chi connectivity index (χ4v) is 4.84. The molecule has 0 radical (unpaired) electrons. The molecule has 2 unspecified atom stereocenters. The van der Waals surface area contributed by atoms with E-state index in [1.807, 2.05) is 0 Å². The summed E-state index contributed by atoms with van der Waals surface area (Å²) in [4.78, 5) is 30.6. The number of aromatic nitrogens is 2. The molecule has 2 heterocycles. The largest absolute Gasteiger partial charge is 0.462 e. The molecule has 0 bridgehead atoms. The lowest BCUT2D eigenvalue weighted by Crippen LogP contribution is -2.37. The molecule has 0 saturated carbocycles. The van der Waals surface area contributed by atoms with Crippen molar-refractivity contribution in [3.8, 4) is 5.75 Å². The SMILES string of the molecule is [2H]C([2H])(OP(=O)(N[C@@H](C)C(=O)OC(C)C)Oc1ccccc1)[C@@H]1O[C@H](n2cc(C)c(=S)[nH]c2=O)[C@H]([N+]#[C-])C1O. The van der Waals surface area contributed by atoms with E-state index < -0.39 is 62.6 Å². The summed E-state index contributed by atoms with van der Waals surface area (Å²) in [6.45, 7) is 10.6. The van der Waals surface area contributed by atoms with E-state index in [9.17, 15) is 19.3 Å². The van der Waals surface area contributed by atoms with Gasteiger partial charge in [-0.1, -0.05) is 30.4 Å². The lowest BCUT2D eigenvalue weighted by molar-refractivity contribution is -0.149. The molecule has 6 atom stereocenters. The fourth-order valence-electron chi connectivity index (χ4n) is 3.34. The second-order valence-corrected chi connectivity index (χ2v) is 10.5. The number of carbonyl (C=O) groups excluding carboxylic acids is 1. The van der Waals surface area contributed by atoms with Gasteiger partial charge in [0.15, 0.2) is 6.10 Å². The molecule has 200 valence electrons. The van der Waals surface area contributed by atoms with E-state index >= 15 is 0 Å². The second kappa shape index (κ2) is 12.1. The van der Waals surface area contributed by atoms with Crippen LogP contribution in [-0.4, -0.2) is 57.6 Å². The molecule has 1 saturated heterocycles. The zero-order valence-corrected chi connectivity index (χ0v) is 22.2. The number of rotatable bonds is 10. The Morgan fingerprint density at radius 2 is 2.08 bits per heavy atom. The maximum absolute atomic E-state index is 13.8. The van der Waals surface area contributed by atoms with Gasteiger partial charge in [0.25, 0.3) is 6.04 Å². The number of aliphatic hydroxyl groups excluding tert-OH is 1. The van der Waals surface area contributed by atoms with Crippen molar-refractivity contribution in [3.63, 3.8) is 0 Å². The Balaban J connectivity index is 1.94. The van der Waals surface area contributed by atoms with Gasteiger partial charge in [0, 0.05) is 11.8 Å². The summed E-state index contributed by atoms with van der Waals surface area (Å²) in [6, 6.07) is 4.99. The Morgan fingerprint density at radius 1 is 1.41 bits per heavy atom.